The summed E-state index contributed by atoms with van der Waals surface area (Å²) in [7, 11) is 0. The van der Waals surface area contributed by atoms with Gasteiger partial charge in [-0.25, -0.2) is 4.98 Å². The van der Waals surface area contributed by atoms with Crippen molar-refractivity contribution in [3.05, 3.63) is 217 Å². The zero-order valence-corrected chi connectivity index (χ0v) is 39.9. The van der Waals surface area contributed by atoms with Crippen LogP contribution in [-0.2, 0) is 21.1 Å². The topological polar surface area (TPSA) is 50.9 Å². The van der Waals surface area contributed by atoms with Crippen molar-refractivity contribution >= 4 is 11.0 Å². The quantitative estimate of drug-likeness (QED) is 0.139. The Labute approximate surface area is 417 Å². The number of fused-ring (bicyclic) bond motifs is 1. The van der Waals surface area contributed by atoms with E-state index in [9.17, 15) is 5.11 Å². The number of phenolic OH excluding ortho intramolecular Hbond substituents is 1. The van der Waals surface area contributed by atoms with Crippen LogP contribution < -0.4 is 0 Å². The van der Waals surface area contributed by atoms with Crippen LogP contribution >= 0.6 is 0 Å². The monoisotopic (exact) mass is 1060 g/mol. The molecule has 0 aliphatic rings. The molecule has 5 heteroatoms. The van der Waals surface area contributed by atoms with Crippen LogP contribution in [0.2, 0.25) is 0 Å². The number of benzene rings is 8. The Hall–Kier alpha value is -7.13. The van der Waals surface area contributed by atoms with E-state index >= 15 is 0 Å². The SMILES string of the molecule is [2H]C([2H])([2H])c1ccc(-c2ccnc(-c3[c-]c(-c4cccc5c4nc(-c4cc(C(C)C)cc(C(C)C)c4O)n5-c4cc(-c5ccccc5)c(C([2H])([2H])[2H])cc4-c4ccccc4)cc(-c4ccccc4)c3)c2)cc1.[Pt]. The molecule has 0 aliphatic carbocycles. The van der Waals surface area contributed by atoms with E-state index in [-0.39, 0.29) is 49.8 Å². The Bertz CT molecular complexity index is 3610. The second-order valence-electron chi connectivity index (χ2n) is 17.5. The summed E-state index contributed by atoms with van der Waals surface area (Å²) >= 11 is 0. The van der Waals surface area contributed by atoms with Crippen molar-refractivity contribution in [2.45, 2.75) is 53.2 Å². The summed E-state index contributed by atoms with van der Waals surface area (Å²) in [5, 5.41) is 12.5. The summed E-state index contributed by atoms with van der Waals surface area (Å²) in [4.78, 5) is 10.5. The van der Waals surface area contributed by atoms with Gasteiger partial charge in [-0.05, 0) is 106 Å². The average Bonchev–Trinajstić information content (AvgIpc) is 3.78. The van der Waals surface area contributed by atoms with E-state index in [2.05, 4.69) is 68.7 Å². The summed E-state index contributed by atoms with van der Waals surface area (Å²) in [5.74, 6) is 0.756. The first-order valence-electron chi connectivity index (χ1n) is 25.4. The van der Waals surface area contributed by atoms with Crippen LogP contribution in [0.5, 0.6) is 5.75 Å². The van der Waals surface area contributed by atoms with Crippen LogP contribution in [0.3, 0.4) is 0 Å². The van der Waals surface area contributed by atoms with E-state index in [1.165, 1.54) is 0 Å². The minimum absolute atomic E-state index is 0. The smallest absolute Gasteiger partial charge is 0.148 e. The standard InChI is InChI=1S/C62H52N3O.Pt/c1-39(2)48-35-53(40(3)4)61(66)56(36-48)62-64-60-52(23-16-24-58(60)65(62)59-38-54(45-19-12-8-13-20-45)42(6)31-55(59)46-21-14-9-15-22-46)50-32-49(43-17-10-7-11-18-43)33-51(34-50)57-37-47(29-30-63-57)44-27-25-41(5)26-28-44;/h7-33,35-40,66H,1-6H3;/q-1;/i5D3,6D3;. The predicted octanol–water partition coefficient (Wildman–Crippen LogP) is 16.5. The third-order valence-electron chi connectivity index (χ3n) is 12.4. The Morgan fingerprint density at radius 2 is 1.19 bits per heavy atom. The van der Waals surface area contributed by atoms with Crippen LogP contribution in [0.1, 0.15) is 70.0 Å². The Morgan fingerprint density at radius 3 is 1.85 bits per heavy atom. The average molecular weight is 1060 g/mol. The van der Waals surface area contributed by atoms with Gasteiger partial charge < -0.3 is 5.11 Å². The molecule has 0 aliphatic heterocycles. The molecule has 10 rings (SSSR count). The normalized spacial score (nSPS) is 13.0. The van der Waals surface area contributed by atoms with Gasteiger partial charge in [0.15, 0.2) is 0 Å². The minimum Gasteiger partial charge on any atom is -0.507 e. The molecule has 0 unspecified atom stereocenters. The van der Waals surface area contributed by atoms with Crippen molar-refractivity contribution in [2.24, 2.45) is 0 Å². The third kappa shape index (κ3) is 8.83. The fourth-order valence-electron chi connectivity index (χ4n) is 8.91. The maximum atomic E-state index is 12.5. The molecule has 0 bridgehead atoms. The Morgan fingerprint density at radius 1 is 0.537 bits per heavy atom. The molecule has 2 aromatic heterocycles. The maximum absolute atomic E-state index is 12.5. The van der Waals surface area contributed by atoms with Crippen molar-refractivity contribution < 1.29 is 34.4 Å². The van der Waals surface area contributed by atoms with Gasteiger partial charge in [0.1, 0.15) is 11.6 Å². The number of pyridine rings is 1. The van der Waals surface area contributed by atoms with Crippen LogP contribution in [0.15, 0.2) is 188 Å². The predicted molar refractivity (Wildman–Crippen MR) is 275 cm³/mol. The molecule has 0 saturated heterocycles. The van der Waals surface area contributed by atoms with Gasteiger partial charge >= 0.3 is 0 Å². The van der Waals surface area contributed by atoms with Gasteiger partial charge in [0.2, 0.25) is 0 Å². The van der Waals surface area contributed by atoms with Crippen molar-refractivity contribution in [1.29, 1.82) is 0 Å². The number of hydrogen-bond donors (Lipinski definition) is 1. The molecule has 0 saturated carbocycles. The third-order valence-corrected chi connectivity index (χ3v) is 12.4. The number of phenols is 1. The number of rotatable bonds is 10. The van der Waals surface area contributed by atoms with Crippen molar-refractivity contribution in [3.63, 3.8) is 0 Å². The van der Waals surface area contributed by atoms with Gasteiger partial charge in [-0.2, -0.15) is 0 Å². The zero-order valence-electron chi connectivity index (χ0n) is 43.7. The molecule has 4 nitrogen and oxygen atoms in total. The number of aryl methyl sites for hydroxylation is 2. The fraction of sp³-hybridized carbons (Fsp3) is 0.129. The first-order chi connectivity index (χ1) is 34.5. The van der Waals surface area contributed by atoms with Crippen LogP contribution in [0, 0.1) is 19.8 Å². The number of hydrogen-bond acceptors (Lipinski definition) is 3. The number of para-hydroxylation sites is 1. The first kappa shape index (κ1) is 38.0. The van der Waals surface area contributed by atoms with Gasteiger partial charge in [-0.1, -0.05) is 189 Å². The van der Waals surface area contributed by atoms with E-state index in [0.29, 0.717) is 39.4 Å². The molecule has 1 N–H and O–H groups in total. The molecule has 0 fully saturated rings. The first-order valence-corrected chi connectivity index (χ1v) is 22.4. The molecule has 332 valence electrons. The molecule has 67 heavy (non-hydrogen) atoms. The van der Waals surface area contributed by atoms with Crippen LogP contribution in [0.25, 0.3) is 95.0 Å². The summed E-state index contributed by atoms with van der Waals surface area (Å²) in [6.07, 6.45) is 1.76. The molecule has 2 heterocycles. The van der Waals surface area contributed by atoms with E-state index in [1.54, 1.807) is 24.4 Å². The number of nitrogens with zero attached hydrogens (tertiary/aromatic N) is 3. The fourth-order valence-corrected chi connectivity index (χ4v) is 8.91. The molecule has 0 atom stereocenters. The second-order valence-corrected chi connectivity index (χ2v) is 17.5. The molecule has 8 aromatic carbocycles. The Balaban J connectivity index is 0.00000656. The maximum Gasteiger partial charge on any atom is 0.148 e. The van der Waals surface area contributed by atoms with Crippen LogP contribution in [0.4, 0.5) is 0 Å². The van der Waals surface area contributed by atoms with Gasteiger partial charge in [0.05, 0.1) is 22.3 Å². The molecule has 0 spiro atoms. The second kappa shape index (κ2) is 19.0. The Kier molecular flexibility index (Phi) is 10.8. The van der Waals surface area contributed by atoms with E-state index < -0.39 is 13.7 Å². The van der Waals surface area contributed by atoms with Gasteiger partial charge in [0, 0.05) is 46.7 Å². The molecule has 0 radical (unpaired) electrons. The van der Waals surface area contributed by atoms with E-state index in [1.807, 2.05) is 133 Å². The van der Waals surface area contributed by atoms with Crippen molar-refractivity contribution in [3.8, 4) is 89.7 Å². The number of aromatic nitrogens is 3. The number of imidazole rings is 1. The van der Waals surface area contributed by atoms with Crippen molar-refractivity contribution in [1.82, 2.24) is 14.5 Å². The molecule has 0 amide bonds. The van der Waals surface area contributed by atoms with Gasteiger partial charge in [-0.3, -0.25) is 9.55 Å². The molecular weight excluding hydrogens is 998 g/mol. The summed E-state index contributed by atoms with van der Waals surface area (Å²) in [6.45, 7) is 3.77. The molecule has 10 aromatic rings. The summed E-state index contributed by atoms with van der Waals surface area (Å²) in [5.41, 5.74) is 14.5. The molecular formula is C62H52N3OPt-. The summed E-state index contributed by atoms with van der Waals surface area (Å²) in [6, 6.07) is 62.4. The van der Waals surface area contributed by atoms with Crippen molar-refractivity contribution in [2.75, 3.05) is 0 Å². The zero-order chi connectivity index (χ0) is 50.5. The minimum atomic E-state index is -2.45. The van der Waals surface area contributed by atoms with Crippen LogP contribution in [-0.4, -0.2) is 19.6 Å². The van der Waals surface area contributed by atoms with E-state index in [4.69, 9.17) is 18.2 Å². The van der Waals surface area contributed by atoms with Gasteiger partial charge in [-0.15, -0.1) is 23.8 Å². The van der Waals surface area contributed by atoms with Gasteiger partial charge in [0.25, 0.3) is 0 Å². The summed E-state index contributed by atoms with van der Waals surface area (Å²) < 4.78 is 52.3. The number of aromatic hydroxyl groups is 1. The van der Waals surface area contributed by atoms with E-state index in [0.717, 1.165) is 66.7 Å². The largest absolute Gasteiger partial charge is 0.507 e.